The number of hydrogen-bond donors (Lipinski definition) is 0. The highest BCUT2D eigenvalue weighted by Gasteiger charge is 2.66. The van der Waals surface area contributed by atoms with Crippen molar-refractivity contribution in [1.29, 1.82) is 5.26 Å². The number of nitrogens with zero attached hydrogens (tertiary/aromatic N) is 3. The van der Waals surface area contributed by atoms with Crippen LogP contribution < -0.4 is 0 Å². The van der Waals surface area contributed by atoms with Crippen molar-refractivity contribution in [2.24, 2.45) is 29.1 Å². The fraction of sp³-hybridized carbons (Fsp3) is 0.467. The summed E-state index contributed by atoms with van der Waals surface area (Å²) in [4.78, 5) is 5.65. The van der Waals surface area contributed by atoms with Crippen molar-refractivity contribution >= 4 is 38.1 Å². The van der Waals surface area contributed by atoms with Crippen LogP contribution in [0.2, 0.25) is 0 Å². The molecule has 1 spiro atoms. The van der Waals surface area contributed by atoms with E-state index in [0.717, 1.165) is 29.2 Å². The van der Waals surface area contributed by atoms with Crippen molar-refractivity contribution in [3.63, 3.8) is 0 Å². The van der Waals surface area contributed by atoms with E-state index in [2.05, 4.69) is 66.8 Å². The van der Waals surface area contributed by atoms with Crippen LogP contribution in [0.25, 0.3) is 49.2 Å². The lowest BCUT2D eigenvalue weighted by Crippen LogP contribution is -2.41. The number of aryl methyl sites for hydroxylation is 2. The molecule has 3 heteroatoms. The Labute approximate surface area is 281 Å². The second kappa shape index (κ2) is 8.27. The Balaban J connectivity index is 1.25. The summed E-state index contributed by atoms with van der Waals surface area (Å²) in [6.45, 7) is 4.59. The summed E-state index contributed by atoms with van der Waals surface area (Å²) in [5.41, 5.74) is 16.8. The Morgan fingerprint density at radius 2 is 1.35 bits per heavy atom. The van der Waals surface area contributed by atoms with Gasteiger partial charge in [-0.1, -0.05) is 30.3 Å². The molecule has 7 bridgehead atoms. The highest BCUT2D eigenvalue weighted by molar-refractivity contribution is 6.27. The lowest BCUT2D eigenvalue weighted by molar-refractivity contribution is 0.00322. The van der Waals surface area contributed by atoms with Crippen molar-refractivity contribution in [2.75, 3.05) is 0 Å². The van der Waals surface area contributed by atoms with E-state index >= 15 is 0 Å². The van der Waals surface area contributed by atoms with Crippen LogP contribution in [-0.2, 0) is 0 Å². The molecule has 0 amide bonds. The quantitative estimate of drug-likeness (QED) is 0.183. The number of hydrogen-bond acceptors (Lipinski definition) is 2. The van der Waals surface area contributed by atoms with Crippen LogP contribution in [0.1, 0.15) is 127 Å². The van der Waals surface area contributed by atoms with Gasteiger partial charge in [0.2, 0.25) is 0 Å². The molecule has 0 saturated heterocycles. The van der Waals surface area contributed by atoms with E-state index in [-0.39, 0.29) is 0 Å². The van der Waals surface area contributed by atoms with E-state index < -0.39 is 0 Å². The molecule has 7 atom stereocenters. The monoisotopic (exact) mass is 623 g/mol. The van der Waals surface area contributed by atoms with Gasteiger partial charge in [-0.2, -0.15) is 5.26 Å². The van der Waals surface area contributed by atoms with Crippen LogP contribution in [0.15, 0.2) is 42.5 Å². The number of aromatic nitrogens is 2. The number of fused-ring (bicyclic) bond motifs is 12. The standard InChI is InChI=1S/C45H41N3/c1-21-35(20-46)36-29-13-31-17-32-14-30(19-45(31,32)18-29)37(36)39-33-15-26(25-6-4-3-5-7-25)16-34-40-38-27-9-23-8-24(10-27)12-28(11-23)41(38)47-22(2)43(40)48(42(21)39)44(33)34/h3-7,15-16,23-24,27-32H,8-14,17-19H2,1-2H3. The maximum atomic E-state index is 11.0. The fourth-order valence-corrected chi connectivity index (χ4v) is 14.8. The molecule has 7 unspecified atom stereocenters. The molecule has 6 aromatic rings. The molecule has 236 valence electrons. The molecular formula is C45H41N3. The number of nitriles is 1. The number of benzene rings is 3. The zero-order valence-corrected chi connectivity index (χ0v) is 28.1. The van der Waals surface area contributed by atoms with Crippen LogP contribution in [0.3, 0.4) is 0 Å². The molecule has 3 aromatic heterocycles. The van der Waals surface area contributed by atoms with Gasteiger partial charge in [-0.3, -0.25) is 4.98 Å². The molecule has 8 aliphatic carbocycles. The van der Waals surface area contributed by atoms with Gasteiger partial charge in [0.25, 0.3) is 0 Å². The lowest BCUT2D eigenvalue weighted by Gasteiger charge is -2.48. The first kappa shape index (κ1) is 26.0. The minimum Gasteiger partial charge on any atom is -0.306 e. The van der Waals surface area contributed by atoms with Gasteiger partial charge in [-0.05, 0) is 170 Å². The molecule has 5 fully saturated rings. The Bertz CT molecular complexity index is 2500. The molecule has 5 saturated carbocycles. The van der Waals surface area contributed by atoms with Gasteiger partial charge >= 0.3 is 0 Å². The van der Waals surface area contributed by atoms with Gasteiger partial charge in [0.1, 0.15) is 0 Å². The minimum absolute atomic E-state index is 0.549. The summed E-state index contributed by atoms with van der Waals surface area (Å²) < 4.78 is 2.66. The third-order valence-corrected chi connectivity index (χ3v) is 16.1. The Morgan fingerprint density at radius 3 is 2.06 bits per heavy atom. The smallest absolute Gasteiger partial charge is 0.0998 e. The zero-order valence-electron chi connectivity index (χ0n) is 28.1. The van der Waals surface area contributed by atoms with Crippen molar-refractivity contribution in [3.8, 4) is 17.2 Å². The summed E-state index contributed by atoms with van der Waals surface area (Å²) in [7, 11) is 0. The molecular weight excluding hydrogens is 583 g/mol. The van der Waals surface area contributed by atoms with Gasteiger partial charge in [0.05, 0.1) is 33.9 Å². The highest BCUT2D eigenvalue weighted by Crippen LogP contribution is 2.77. The first-order chi connectivity index (χ1) is 23.5. The van der Waals surface area contributed by atoms with Crippen LogP contribution in [0.5, 0.6) is 0 Å². The van der Waals surface area contributed by atoms with Gasteiger partial charge < -0.3 is 4.40 Å². The third-order valence-electron chi connectivity index (χ3n) is 16.1. The van der Waals surface area contributed by atoms with E-state index in [0.29, 0.717) is 29.1 Å². The Morgan fingerprint density at radius 1 is 0.688 bits per heavy atom. The van der Waals surface area contributed by atoms with E-state index in [4.69, 9.17) is 4.98 Å². The van der Waals surface area contributed by atoms with E-state index in [1.807, 2.05) is 0 Å². The van der Waals surface area contributed by atoms with Crippen LogP contribution in [0.4, 0.5) is 0 Å². The molecule has 0 radical (unpaired) electrons. The van der Waals surface area contributed by atoms with E-state index in [1.54, 1.807) is 11.1 Å². The molecule has 3 aromatic carbocycles. The van der Waals surface area contributed by atoms with Crippen LogP contribution >= 0.6 is 0 Å². The second-order valence-corrected chi connectivity index (χ2v) is 17.9. The van der Waals surface area contributed by atoms with E-state index in [9.17, 15) is 5.26 Å². The van der Waals surface area contributed by atoms with Gasteiger partial charge in [0, 0.05) is 33.2 Å². The minimum atomic E-state index is 0.549. The molecule has 0 aliphatic heterocycles. The predicted octanol–water partition coefficient (Wildman–Crippen LogP) is 11.2. The van der Waals surface area contributed by atoms with Crippen molar-refractivity contribution in [3.05, 3.63) is 81.7 Å². The summed E-state index contributed by atoms with van der Waals surface area (Å²) in [6.07, 6.45) is 13.5. The van der Waals surface area contributed by atoms with E-state index in [1.165, 1.54) is 136 Å². The van der Waals surface area contributed by atoms with Gasteiger partial charge in [-0.15, -0.1) is 0 Å². The first-order valence-electron chi connectivity index (χ1n) is 19.2. The first-order valence-corrected chi connectivity index (χ1v) is 19.2. The summed E-state index contributed by atoms with van der Waals surface area (Å²) in [6, 6.07) is 19.1. The average Bonchev–Trinajstić information content (AvgIpc) is 3.73. The van der Waals surface area contributed by atoms with Gasteiger partial charge in [0.15, 0.2) is 0 Å². The van der Waals surface area contributed by atoms with Gasteiger partial charge in [-0.25, -0.2) is 0 Å². The summed E-state index contributed by atoms with van der Waals surface area (Å²) >= 11 is 0. The number of rotatable bonds is 1. The molecule has 48 heavy (non-hydrogen) atoms. The maximum absolute atomic E-state index is 11.0. The molecule has 14 rings (SSSR count). The maximum Gasteiger partial charge on any atom is 0.0998 e. The largest absolute Gasteiger partial charge is 0.306 e. The lowest BCUT2D eigenvalue weighted by atomic mass is 9.56. The summed E-state index contributed by atoms with van der Waals surface area (Å²) in [5, 5.41) is 16.9. The molecule has 8 aliphatic rings. The van der Waals surface area contributed by atoms with Crippen LogP contribution in [-0.4, -0.2) is 9.38 Å². The SMILES string of the molecule is Cc1nc2c(c3c4cc(-c5ccccc5)cc5c6c7c(c(C#N)c(C)c6n(c13)c45)C1CC3CC4CC7CC34C1)C1CC3CC(CC2C3)C1. The average molecular weight is 624 g/mol. The molecule has 3 nitrogen and oxygen atoms in total. The predicted molar refractivity (Wildman–Crippen MR) is 192 cm³/mol. The highest BCUT2D eigenvalue weighted by atomic mass is 14.9. The Kier molecular flexibility index (Phi) is 4.49. The van der Waals surface area contributed by atoms with Crippen LogP contribution in [0, 0.1) is 54.3 Å². The third kappa shape index (κ3) is 2.77. The fourth-order valence-electron chi connectivity index (χ4n) is 14.8. The number of pyridine rings is 1. The second-order valence-electron chi connectivity index (χ2n) is 17.9. The Hall–Kier alpha value is -3.90. The molecule has 0 N–H and O–H groups in total. The normalized spacial score (nSPS) is 34.9. The van der Waals surface area contributed by atoms with Crippen molar-refractivity contribution in [2.45, 2.75) is 102 Å². The molecule has 3 heterocycles. The van der Waals surface area contributed by atoms with Crippen molar-refractivity contribution in [1.82, 2.24) is 9.38 Å². The topological polar surface area (TPSA) is 41.1 Å². The summed E-state index contributed by atoms with van der Waals surface area (Å²) in [5.74, 6) is 5.88. The zero-order chi connectivity index (χ0) is 31.4. The van der Waals surface area contributed by atoms with Crippen molar-refractivity contribution < 1.29 is 0 Å².